The lowest BCUT2D eigenvalue weighted by Gasteiger charge is -2.03. The molecule has 2 rings (SSSR count). The summed E-state index contributed by atoms with van der Waals surface area (Å²) in [5.41, 5.74) is 0.450. The summed E-state index contributed by atoms with van der Waals surface area (Å²) in [4.78, 5) is 0.100. The molecule has 0 saturated heterocycles. The summed E-state index contributed by atoms with van der Waals surface area (Å²) in [6.45, 7) is 0.556. The van der Waals surface area contributed by atoms with Gasteiger partial charge in [0.05, 0.1) is 4.91 Å². The average molecular weight is 241 g/mol. The Balaban J connectivity index is 2.48. The number of fused-ring (bicyclic) bond motifs is 1. The van der Waals surface area contributed by atoms with Crippen molar-refractivity contribution in [2.24, 2.45) is 0 Å². The number of rotatable bonds is 3. The third-order valence-corrected chi connectivity index (χ3v) is 4.53. The molecule has 1 aromatic rings. The summed E-state index contributed by atoms with van der Waals surface area (Å²) in [6.07, 6.45) is 1.93. The third kappa shape index (κ3) is 1.66. The largest absolute Gasteiger partial charge is 0.319 e. The van der Waals surface area contributed by atoms with E-state index >= 15 is 0 Å². The third-order valence-electron chi connectivity index (χ3n) is 2.55. The van der Waals surface area contributed by atoms with E-state index in [0.717, 1.165) is 0 Å². The van der Waals surface area contributed by atoms with Crippen molar-refractivity contribution in [2.45, 2.75) is 11.3 Å². The van der Waals surface area contributed by atoms with Crippen LogP contribution in [0.15, 0.2) is 28.0 Å². The molecule has 0 fully saturated rings. The van der Waals surface area contributed by atoms with E-state index in [9.17, 15) is 12.8 Å². The molecule has 1 heterocycles. The van der Waals surface area contributed by atoms with Crippen LogP contribution in [-0.2, 0) is 9.84 Å². The van der Waals surface area contributed by atoms with Gasteiger partial charge >= 0.3 is 0 Å². The molecule has 0 spiro atoms. The zero-order chi connectivity index (χ0) is 11.8. The van der Waals surface area contributed by atoms with Gasteiger partial charge < -0.3 is 5.32 Å². The Bertz CT molecular complexity index is 549. The number of hydrogen-bond acceptors (Lipinski definition) is 3. The standard InChI is InChI=1S/C11H12FNO2S/c1-13-6-5-9-7-8-3-2-4-10(12)11(8)16(9,14)15/h2-4,7,13H,5-6H2,1H3. The van der Waals surface area contributed by atoms with Crippen molar-refractivity contribution in [3.8, 4) is 0 Å². The van der Waals surface area contributed by atoms with Crippen molar-refractivity contribution in [1.82, 2.24) is 5.32 Å². The average Bonchev–Trinajstić information content (AvgIpc) is 2.48. The van der Waals surface area contributed by atoms with Crippen LogP contribution < -0.4 is 5.32 Å². The van der Waals surface area contributed by atoms with Crippen LogP contribution in [0, 0.1) is 5.82 Å². The van der Waals surface area contributed by atoms with E-state index in [2.05, 4.69) is 5.32 Å². The minimum atomic E-state index is -3.60. The fourth-order valence-corrected chi connectivity index (χ4v) is 3.44. The summed E-state index contributed by atoms with van der Waals surface area (Å²) < 4.78 is 37.4. The van der Waals surface area contributed by atoms with Gasteiger partial charge in [0.25, 0.3) is 0 Å². The smallest absolute Gasteiger partial charge is 0.206 e. The van der Waals surface area contributed by atoms with Gasteiger partial charge in [-0.2, -0.15) is 0 Å². The van der Waals surface area contributed by atoms with Crippen molar-refractivity contribution in [1.29, 1.82) is 0 Å². The van der Waals surface area contributed by atoms with Gasteiger partial charge in [-0.15, -0.1) is 0 Å². The molecule has 0 atom stereocenters. The molecule has 0 aliphatic carbocycles. The van der Waals surface area contributed by atoms with Gasteiger partial charge in [-0.1, -0.05) is 12.1 Å². The molecule has 5 heteroatoms. The summed E-state index contributed by atoms with van der Waals surface area (Å²) in [7, 11) is -1.86. The van der Waals surface area contributed by atoms with Gasteiger partial charge in [0.1, 0.15) is 10.7 Å². The topological polar surface area (TPSA) is 46.2 Å². The lowest BCUT2D eigenvalue weighted by Crippen LogP contribution is -2.11. The van der Waals surface area contributed by atoms with Crippen LogP contribution in [0.5, 0.6) is 0 Å². The maximum absolute atomic E-state index is 13.5. The normalized spacial score (nSPS) is 17.0. The van der Waals surface area contributed by atoms with Crippen molar-refractivity contribution in [3.05, 3.63) is 34.5 Å². The SMILES string of the molecule is CNCCC1=Cc2cccc(F)c2S1(=O)=O. The van der Waals surface area contributed by atoms with Gasteiger partial charge in [-0.3, -0.25) is 0 Å². The van der Waals surface area contributed by atoms with Crippen LogP contribution in [0.4, 0.5) is 4.39 Å². The van der Waals surface area contributed by atoms with Crippen molar-refractivity contribution >= 4 is 15.9 Å². The van der Waals surface area contributed by atoms with Gasteiger partial charge in [-0.05, 0) is 37.7 Å². The van der Waals surface area contributed by atoms with Gasteiger partial charge in [0.2, 0.25) is 9.84 Å². The van der Waals surface area contributed by atoms with E-state index in [4.69, 9.17) is 0 Å². The lowest BCUT2D eigenvalue weighted by molar-refractivity contribution is 0.571. The monoisotopic (exact) mass is 241 g/mol. The number of sulfone groups is 1. The number of nitrogens with one attached hydrogen (secondary N) is 1. The van der Waals surface area contributed by atoms with Crippen LogP contribution in [0.3, 0.4) is 0 Å². The molecule has 1 aliphatic heterocycles. The Hall–Kier alpha value is -1.20. The minimum absolute atomic E-state index is 0.180. The summed E-state index contributed by atoms with van der Waals surface area (Å²) >= 11 is 0. The predicted octanol–water partition coefficient (Wildman–Crippen LogP) is 1.56. The van der Waals surface area contributed by atoms with E-state index in [1.54, 1.807) is 19.2 Å². The van der Waals surface area contributed by atoms with Gasteiger partial charge in [0.15, 0.2) is 0 Å². The minimum Gasteiger partial charge on any atom is -0.319 e. The number of hydrogen-bond donors (Lipinski definition) is 1. The highest BCUT2D eigenvalue weighted by Crippen LogP contribution is 2.35. The molecule has 0 amide bonds. The Morgan fingerprint density at radius 2 is 2.12 bits per heavy atom. The molecule has 0 saturated carbocycles. The molecule has 1 aromatic carbocycles. The van der Waals surface area contributed by atoms with E-state index in [1.807, 2.05) is 0 Å². The van der Waals surface area contributed by atoms with Crippen LogP contribution in [-0.4, -0.2) is 22.0 Å². The zero-order valence-corrected chi connectivity index (χ0v) is 9.64. The Morgan fingerprint density at radius 3 is 2.75 bits per heavy atom. The first-order valence-electron chi connectivity index (χ1n) is 4.96. The first kappa shape index (κ1) is 11.3. The predicted molar refractivity (Wildman–Crippen MR) is 60.1 cm³/mol. The van der Waals surface area contributed by atoms with Crippen molar-refractivity contribution < 1.29 is 12.8 Å². The lowest BCUT2D eigenvalue weighted by atomic mass is 10.2. The summed E-state index contributed by atoms with van der Waals surface area (Å²) in [5.74, 6) is -0.673. The molecule has 3 nitrogen and oxygen atoms in total. The molecule has 16 heavy (non-hydrogen) atoms. The second kappa shape index (κ2) is 3.99. The van der Waals surface area contributed by atoms with Crippen molar-refractivity contribution in [2.75, 3.05) is 13.6 Å². The Kier molecular flexibility index (Phi) is 2.82. The van der Waals surface area contributed by atoms with E-state index in [0.29, 0.717) is 18.5 Å². The van der Waals surface area contributed by atoms with E-state index < -0.39 is 15.7 Å². The highest BCUT2D eigenvalue weighted by Gasteiger charge is 2.31. The first-order chi connectivity index (χ1) is 7.57. The highest BCUT2D eigenvalue weighted by atomic mass is 32.2. The fraction of sp³-hybridized carbons (Fsp3) is 0.273. The quantitative estimate of drug-likeness (QED) is 0.873. The second-order valence-electron chi connectivity index (χ2n) is 3.63. The highest BCUT2D eigenvalue weighted by molar-refractivity contribution is 7.95. The molecule has 1 aliphatic rings. The van der Waals surface area contributed by atoms with Crippen molar-refractivity contribution in [3.63, 3.8) is 0 Å². The zero-order valence-electron chi connectivity index (χ0n) is 8.83. The van der Waals surface area contributed by atoms with Crippen LogP contribution in [0.25, 0.3) is 6.08 Å². The van der Waals surface area contributed by atoms with E-state index in [-0.39, 0.29) is 9.80 Å². The van der Waals surface area contributed by atoms with Crippen LogP contribution >= 0.6 is 0 Å². The summed E-state index contributed by atoms with van der Waals surface area (Å²) in [5, 5.41) is 2.87. The molecule has 1 N–H and O–H groups in total. The molecule has 86 valence electrons. The Morgan fingerprint density at radius 1 is 1.38 bits per heavy atom. The molecular formula is C11H12FNO2S. The number of benzene rings is 1. The maximum Gasteiger partial charge on any atom is 0.206 e. The molecule has 0 aromatic heterocycles. The van der Waals surface area contributed by atoms with Gasteiger partial charge in [0, 0.05) is 0 Å². The summed E-state index contributed by atoms with van der Waals surface area (Å²) in [6, 6.07) is 4.30. The fourth-order valence-electron chi connectivity index (χ4n) is 1.76. The molecule has 0 bridgehead atoms. The Labute approximate surface area is 93.9 Å². The molecule has 0 unspecified atom stereocenters. The first-order valence-corrected chi connectivity index (χ1v) is 6.44. The molecule has 0 radical (unpaired) electrons. The number of halogens is 1. The van der Waals surface area contributed by atoms with Gasteiger partial charge in [-0.25, -0.2) is 12.8 Å². The van der Waals surface area contributed by atoms with Crippen LogP contribution in [0.1, 0.15) is 12.0 Å². The molecular weight excluding hydrogens is 229 g/mol. The van der Waals surface area contributed by atoms with E-state index in [1.165, 1.54) is 12.1 Å². The van der Waals surface area contributed by atoms with Crippen LogP contribution in [0.2, 0.25) is 0 Å². The second-order valence-corrected chi connectivity index (χ2v) is 5.57. The maximum atomic E-state index is 13.5.